The molecule has 13 heavy (non-hydrogen) atoms. The Kier molecular flexibility index (Phi) is 4.51. The van der Waals surface area contributed by atoms with E-state index in [2.05, 4.69) is 42.8 Å². The lowest BCUT2D eigenvalue weighted by molar-refractivity contribution is 0.324. The predicted octanol–water partition coefficient (Wildman–Crippen LogP) is 4.54. The molecule has 0 bridgehead atoms. The van der Waals surface area contributed by atoms with Gasteiger partial charge < -0.3 is 0 Å². The maximum Gasteiger partial charge on any atom is 0.0323 e. The minimum absolute atomic E-state index is 0.546. The topological polar surface area (TPSA) is 0 Å². The summed E-state index contributed by atoms with van der Waals surface area (Å²) in [6.07, 6.45) is 8.15. The van der Waals surface area contributed by atoms with Gasteiger partial charge in [0.15, 0.2) is 0 Å². The van der Waals surface area contributed by atoms with Crippen molar-refractivity contribution in [3.8, 4) is 0 Å². The number of alkyl halides is 1. The van der Waals surface area contributed by atoms with Crippen LogP contribution in [-0.2, 0) is 0 Å². The first-order valence-corrected chi connectivity index (χ1v) is 6.33. The first kappa shape index (κ1) is 11.3. The van der Waals surface area contributed by atoms with Crippen LogP contribution in [0.25, 0.3) is 0 Å². The molecular weight excluding hydrogens is 224 g/mol. The maximum absolute atomic E-state index is 3.61. The summed E-state index contributed by atoms with van der Waals surface area (Å²) in [5, 5.41) is 0. The molecule has 0 heterocycles. The van der Waals surface area contributed by atoms with Gasteiger partial charge in [0.05, 0.1) is 0 Å². The second-order valence-electron chi connectivity index (χ2n) is 4.56. The molecule has 3 atom stereocenters. The van der Waals surface area contributed by atoms with Gasteiger partial charge in [0.25, 0.3) is 0 Å². The molecule has 0 nitrogen and oxygen atoms in total. The highest BCUT2D eigenvalue weighted by molar-refractivity contribution is 9.09. The molecule has 1 rings (SSSR count). The molecule has 0 aromatic heterocycles. The Labute approximate surface area is 90.9 Å². The Morgan fingerprint density at radius 1 is 1.46 bits per heavy atom. The van der Waals surface area contributed by atoms with Crippen molar-refractivity contribution in [3.05, 3.63) is 11.6 Å². The number of halogens is 1. The summed E-state index contributed by atoms with van der Waals surface area (Å²) in [4.78, 5) is 0.546. The Bertz CT molecular complexity index is 182. The summed E-state index contributed by atoms with van der Waals surface area (Å²) >= 11 is 3.61. The molecule has 3 unspecified atom stereocenters. The Hall–Kier alpha value is 0.220. The predicted molar refractivity (Wildman–Crippen MR) is 63.3 cm³/mol. The molecule has 76 valence electrons. The second kappa shape index (κ2) is 5.19. The SMILES string of the molecule is C/C(=C\C1CCCC(C)C1)C(C)Br. The van der Waals surface area contributed by atoms with Crippen LogP contribution in [0.5, 0.6) is 0 Å². The van der Waals surface area contributed by atoms with E-state index in [0.717, 1.165) is 11.8 Å². The zero-order valence-corrected chi connectivity index (χ0v) is 10.6. The molecule has 0 amide bonds. The van der Waals surface area contributed by atoms with E-state index in [-0.39, 0.29) is 0 Å². The van der Waals surface area contributed by atoms with Crippen LogP contribution in [0.15, 0.2) is 11.6 Å². The van der Waals surface area contributed by atoms with Crippen LogP contribution in [0.2, 0.25) is 0 Å². The summed E-state index contributed by atoms with van der Waals surface area (Å²) in [6, 6.07) is 0. The van der Waals surface area contributed by atoms with Crippen molar-refractivity contribution in [1.82, 2.24) is 0 Å². The number of hydrogen-bond donors (Lipinski definition) is 0. The Morgan fingerprint density at radius 3 is 2.69 bits per heavy atom. The van der Waals surface area contributed by atoms with Crippen molar-refractivity contribution in [3.63, 3.8) is 0 Å². The third kappa shape index (κ3) is 3.84. The maximum atomic E-state index is 3.61. The van der Waals surface area contributed by atoms with E-state index in [0.29, 0.717) is 4.83 Å². The lowest BCUT2D eigenvalue weighted by atomic mass is 9.81. The van der Waals surface area contributed by atoms with E-state index in [1.165, 1.54) is 31.3 Å². The van der Waals surface area contributed by atoms with Crippen molar-refractivity contribution in [2.24, 2.45) is 11.8 Å². The number of allylic oxidation sites excluding steroid dienone is 2. The number of rotatable bonds is 2. The normalized spacial score (nSPS) is 33.1. The first-order chi connectivity index (χ1) is 6.09. The third-order valence-electron chi connectivity index (χ3n) is 3.10. The standard InChI is InChI=1S/C12H21Br/c1-9-5-4-6-12(7-9)8-10(2)11(3)13/h8-9,11-12H,4-7H2,1-3H3/b10-8+. The van der Waals surface area contributed by atoms with Gasteiger partial charge in [-0.05, 0) is 38.5 Å². The first-order valence-electron chi connectivity index (χ1n) is 5.42. The average Bonchev–Trinajstić information content (AvgIpc) is 2.04. The van der Waals surface area contributed by atoms with Gasteiger partial charge in [-0.1, -0.05) is 47.3 Å². The van der Waals surface area contributed by atoms with Gasteiger partial charge >= 0.3 is 0 Å². The fourth-order valence-corrected chi connectivity index (χ4v) is 2.29. The van der Waals surface area contributed by atoms with Crippen LogP contribution in [-0.4, -0.2) is 4.83 Å². The monoisotopic (exact) mass is 244 g/mol. The van der Waals surface area contributed by atoms with E-state index < -0.39 is 0 Å². The van der Waals surface area contributed by atoms with E-state index in [1.54, 1.807) is 0 Å². The van der Waals surface area contributed by atoms with Crippen molar-refractivity contribution >= 4 is 15.9 Å². The highest BCUT2D eigenvalue weighted by Gasteiger charge is 2.17. The molecule has 0 radical (unpaired) electrons. The molecule has 1 heteroatoms. The largest absolute Gasteiger partial charge is 0.0846 e. The molecule has 0 aromatic carbocycles. The van der Waals surface area contributed by atoms with E-state index in [9.17, 15) is 0 Å². The molecule has 0 aliphatic heterocycles. The quantitative estimate of drug-likeness (QED) is 0.494. The van der Waals surface area contributed by atoms with Crippen LogP contribution in [0.3, 0.4) is 0 Å². The van der Waals surface area contributed by atoms with Crippen molar-refractivity contribution in [2.45, 2.75) is 51.3 Å². The summed E-state index contributed by atoms with van der Waals surface area (Å²) in [6.45, 7) is 6.82. The summed E-state index contributed by atoms with van der Waals surface area (Å²) in [5.41, 5.74) is 1.50. The molecule has 1 aliphatic rings. The zero-order chi connectivity index (χ0) is 9.84. The molecular formula is C12H21Br. The highest BCUT2D eigenvalue weighted by atomic mass is 79.9. The van der Waals surface area contributed by atoms with E-state index in [1.807, 2.05) is 0 Å². The molecule has 0 saturated heterocycles. The fraction of sp³-hybridized carbons (Fsp3) is 0.833. The van der Waals surface area contributed by atoms with Crippen LogP contribution in [0.4, 0.5) is 0 Å². The van der Waals surface area contributed by atoms with Crippen molar-refractivity contribution in [2.75, 3.05) is 0 Å². The van der Waals surface area contributed by atoms with E-state index in [4.69, 9.17) is 0 Å². The van der Waals surface area contributed by atoms with Crippen molar-refractivity contribution < 1.29 is 0 Å². The fourth-order valence-electron chi connectivity index (χ4n) is 2.14. The smallest absolute Gasteiger partial charge is 0.0323 e. The van der Waals surface area contributed by atoms with Crippen LogP contribution < -0.4 is 0 Å². The lowest BCUT2D eigenvalue weighted by Crippen LogP contribution is -2.12. The van der Waals surface area contributed by atoms with Crippen LogP contribution in [0.1, 0.15) is 46.5 Å². The molecule has 0 N–H and O–H groups in total. The third-order valence-corrected chi connectivity index (χ3v) is 3.83. The summed E-state index contributed by atoms with van der Waals surface area (Å²) in [7, 11) is 0. The van der Waals surface area contributed by atoms with Gasteiger partial charge in [-0.3, -0.25) is 0 Å². The molecule has 1 saturated carbocycles. The van der Waals surface area contributed by atoms with Gasteiger partial charge in [0, 0.05) is 4.83 Å². The molecule has 0 aromatic rings. The lowest BCUT2D eigenvalue weighted by Gasteiger charge is -2.25. The average molecular weight is 245 g/mol. The Morgan fingerprint density at radius 2 is 2.15 bits per heavy atom. The summed E-state index contributed by atoms with van der Waals surface area (Å²) in [5.74, 6) is 1.79. The van der Waals surface area contributed by atoms with Gasteiger partial charge in [-0.15, -0.1) is 0 Å². The van der Waals surface area contributed by atoms with Crippen LogP contribution in [0, 0.1) is 11.8 Å². The minimum Gasteiger partial charge on any atom is -0.0846 e. The highest BCUT2D eigenvalue weighted by Crippen LogP contribution is 2.30. The summed E-state index contributed by atoms with van der Waals surface area (Å²) < 4.78 is 0. The molecule has 1 aliphatic carbocycles. The van der Waals surface area contributed by atoms with Gasteiger partial charge in [0.1, 0.15) is 0 Å². The zero-order valence-electron chi connectivity index (χ0n) is 9.02. The molecule has 0 spiro atoms. The molecule has 1 fully saturated rings. The van der Waals surface area contributed by atoms with Gasteiger partial charge in [-0.2, -0.15) is 0 Å². The van der Waals surface area contributed by atoms with Gasteiger partial charge in [-0.25, -0.2) is 0 Å². The number of hydrogen-bond acceptors (Lipinski definition) is 0. The minimum atomic E-state index is 0.546. The van der Waals surface area contributed by atoms with Gasteiger partial charge in [0.2, 0.25) is 0 Å². The van der Waals surface area contributed by atoms with E-state index >= 15 is 0 Å². The van der Waals surface area contributed by atoms with Crippen molar-refractivity contribution in [1.29, 1.82) is 0 Å². The van der Waals surface area contributed by atoms with Crippen LogP contribution >= 0.6 is 15.9 Å². The second-order valence-corrected chi connectivity index (χ2v) is 5.93. The Balaban J connectivity index is 2.47.